The third-order valence-corrected chi connectivity index (χ3v) is 5.82. The number of hydrogen-bond acceptors (Lipinski definition) is 3. The molecule has 0 aliphatic rings. The van der Waals surface area contributed by atoms with E-state index in [1.165, 1.54) is 10.6 Å². The minimum Gasteiger partial charge on any atom is -0.354 e. The van der Waals surface area contributed by atoms with Crippen molar-refractivity contribution in [1.82, 2.24) is 9.62 Å². The molecule has 0 fully saturated rings. The van der Waals surface area contributed by atoms with Crippen molar-refractivity contribution >= 4 is 15.9 Å². The van der Waals surface area contributed by atoms with Crippen molar-refractivity contribution in [2.24, 2.45) is 0 Å². The summed E-state index contributed by atoms with van der Waals surface area (Å²) in [5.41, 5.74) is 1.25. The van der Waals surface area contributed by atoms with Crippen LogP contribution in [0.3, 0.4) is 0 Å². The standard InChI is InChI=1S/C21H28N2O3S/c1-21(2,3)23(27(4,25)26)16-15-22-20(24)19(17-11-7-5-8-12-17)18-13-9-6-10-14-18/h5-14,19H,15-16H2,1-4H3,(H,22,24). The number of nitrogens with zero attached hydrogens (tertiary/aromatic N) is 1. The number of benzene rings is 2. The molecule has 146 valence electrons. The first-order chi connectivity index (χ1) is 12.6. The van der Waals surface area contributed by atoms with E-state index in [-0.39, 0.29) is 19.0 Å². The number of sulfonamides is 1. The highest BCUT2D eigenvalue weighted by atomic mass is 32.2. The fourth-order valence-electron chi connectivity index (χ4n) is 3.17. The topological polar surface area (TPSA) is 66.5 Å². The molecule has 5 nitrogen and oxygen atoms in total. The van der Waals surface area contributed by atoms with Gasteiger partial charge in [0.1, 0.15) is 0 Å². The quantitative estimate of drug-likeness (QED) is 0.793. The first-order valence-corrected chi connectivity index (χ1v) is 10.8. The highest BCUT2D eigenvalue weighted by Gasteiger charge is 2.29. The van der Waals surface area contributed by atoms with Crippen LogP contribution in [0.1, 0.15) is 37.8 Å². The van der Waals surface area contributed by atoms with E-state index in [1.54, 1.807) is 0 Å². The Labute approximate surface area is 162 Å². The highest BCUT2D eigenvalue weighted by Crippen LogP contribution is 2.24. The molecule has 0 unspecified atom stereocenters. The van der Waals surface area contributed by atoms with Gasteiger partial charge in [0.2, 0.25) is 15.9 Å². The summed E-state index contributed by atoms with van der Waals surface area (Å²) < 4.78 is 25.5. The molecule has 2 aromatic rings. The van der Waals surface area contributed by atoms with E-state index >= 15 is 0 Å². The van der Waals surface area contributed by atoms with E-state index in [1.807, 2.05) is 81.4 Å². The van der Waals surface area contributed by atoms with Crippen molar-refractivity contribution < 1.29 is 13.2 Å². The van der Waals surface area contributed by atoms with Crippen molar-refractivity contribution in [2.75, 3.05) is 19.3 Å². The average Bonchev–Trinajstić information content (AvgIpc) is 2.58. The molecule has 6 heteroatoms. The van der Waals surface area contributed by atoms with Gasteiger partial charge in [-0.3, -0.25) is 4.79 Å². The van der Waals surface area contributed by atoms with Crippen LogP contribution in [0.15, 0.2) is 60.7 Å². The van der Waals surface area contributed by atoms with Crippen molar-refractivity contribution in [2.45, 2.75) is 32.2 Å². The molecule has 2 aromatic carbocycles. The van der Waals surface area contributed by atoms with Gasteiger partial charge >= 0.3 is 0 Å². The number of carbonyl (C=O) groups excluding carboxylic acids is 1. The monoisotopic (exact) mass is 388 g/mol. The van der Waals surface area contributed by atoms with Crippen LogP contribution in [0.4, 0.5) is 0 Å². The van der Waals surface area contributed by atoms with Gasteiger partial charge in [-0.25, -0.2) is 8.42 Å². The van der Waals surface area contributed by atoms with Crippen LogP contribution in [0.25, 0.3) is 0 Å². The van der Waals surface area contributed by atoms with Crippen molar-refractivity contribution in [3.8, 4) is 0 Å². The number of carbonyl (C=O) groups is 1. The van der Waals surface area contributed by atoms with E-state index in [4.69, 9.17) is 0 Å². The van der Waals surface area contributed by atoms with Gasteiger partial charge in [0, 0.05) is 18.6 Å². The predicted octanol–water partition coefficient (Wildman–Crippen LogP) is 2.99. The predicted molar refractivity (Wildman–Crippen MR) is 109 cm³/mol. The van der Waals surface area contributed by atoms with Crippen LogP contribution < -0.4 is 5.32 Å². The fraction of sp³-hybridized carbons (Fsp3) is 0.381. The Balaban J connectivity index is 2.15. The van der Waals surface area contributed by atoms with Crippen molar-refractivity contribution in [3.05, 3.63) is 71.8 Å². The smallest absolute Gasteiger partial charge is 0.232 e. The highest BCUT2D eigenvalue weighted by molar-refractivity contribution is 7.88. The molecule has 0 saturated carbocycles. The Morgan fingerprint density at radius 2 is 1.41 bits per heavy atom. The van der Waals surface area contributed by atoms with E-state index in [0.717, 1.165) is 11.1 Å². The Morgan fingerprint density at radius 1 is 0.963 bits per heavy atom. The second-order valence-corrected chi connectivity index (χ2v) is 9.46. The van der Waals surface area contributed by atoms with Crippen LogP contribution in [0, 0.1) is 0 Å². The largest absolute Gasteiger partial charge is 0.354 e. The maximum atomic E-state index is 12.9. The molecule has 0 heterocycles. The molecular formula is C21H28N2O3S. The zero-order chi connectivity index (χ0) is 20.1. The van der Waals surface area contributed by atoms with Crippen LogP contribution in [0.2, 0.25) is 0 Å². The number of hydrogen-bond donors (Lipinski definition) is 1. The molecule has 1 amide bonds. The maximum Gasteiger partial charge on any atom is 0.232 e. The minimum absolute atomic E-state index is 0.144. The second-order valence-electron chi connectivity index (χ2n) is 7.55. The fourth-order valence-corrected chi connectivity index (χ4v) is 4.59. The zero-order valence-corrected chi connectivity index (χ0v) is 17.2. The summed E-state index contributed by atoms with van der Waals surface area (Å²) in [4.78, 5) is 12.9. The Morgan fingerprint density at radius 3 is 1.78 bits per heavy atom. The van der Waals surface area contributed by atoms with Gasteiger partial charge < -0.3 is 5.32 Å². The minimum atomic E-state index is -3.36. The summed E-state index contributed by atoms with van der Waals surface area (Å²) in [7, 11) is -3.36. The average molecular weight is 389 g/mol. The van der Waals surface area contributed by atoms with Gasteiger partial charge in [0.05, 0.1) is 12.2 Å². The summed E-state index contributed by atoms with van der Waals surface area (Å²) in [6.07, 6.45) is 1.19. The summed E-state index contributed by atoms with van der Waals surface area (Å²) in [5, 5.41) is 2.91. The zero-order valence-electron chi connectivity index (χ0n) is 16.3. The lowest BCUT2D eigenvalue weighted by Crippen LogP contribution is -2.48. The van der Waals surface area contributed by atoms with Gasteiger partial charge in [-0.05, 0) is 31.9 Å². The molecule has 0 spiro atoms. The van der Waals surface area contributed by atoms with Crippen molar-refractivity contribution in [3.63, 3.8) is 0 Å². The molecular weight excluding hydrogens is 360 g/mol. The molecule has 1 N–H and O–H groups in total. The van der Waals surface area contributed by atoms with Crippen LogP contribution in [-0.2, 0) is 14.8 Å². The molecule has 0 atom stereocenters. The lowest BCUT2D eigenvalue weighted by atomic mass is 9.90. The van der Waals surface area contributed by atoms with E-state index < -0.39 is 21.5 Å². The normalized spacial score (nSPS) is 12.4. The van der Waals surface area contributed by atoms with E-state index in [2.05, 4.69) is 5.32 Å². The first-order valence-electron chi connectivity index (χ1n) is 8.96. The lowest BCUT2D eigenvalue weighted by Gasteiger charge is -2.33. The van der Waals surface area contributed by atoms with Gasteiger partial charge in [-0.15, -0.1) is 0 Å². The maximum absolute atomic E-state index is 12.9. The molecule has 0 aliphatic heterocycles. The lowest BCUT2D eigenvalue weighted by molar-refractivity contribution is -0.121. The van der Waals surface area contributed by atoms with Gasteiger partial charge in [-0.2, -0.15) is 4.31 Å². The third-order valence-electron chi connectivity index (χ3n) is 4.29. The van der Waals surface area contributed by atoms with Crippen LogP contribution >= 0.6 is 0 Å². The SMILES string of the molecule is CC(C)(C)N(CCNC(=O)C(c1ccccc1)c1ccccc1)S(C)(=O)=O. The van der Waals surface area contributed by atoms with Gasteiger partial charge in [-0.1, -0.05) is 60.7 Å². The Hall–Kier alpha value is -2.18. The third kappa shape index (κ3) is 5.91. The molecule has 0 bridgehead atoms. The van der Waals surface area contributed by atoms with Crippen LogP contribution in [-0.4, -0.2) is 43.5 Å². The van der Waals surface area contributed by atoms with Gasteiger partial charge in [0.15, 0.2) is 0 Å². The summed E-state index contributed by atoms with van der Waals surface area (Å²) in [5.74, 6) is -0.580. The molecule has 0 aliphatic carbocycles. The van der Waals surface area contributed by atoms with Gasteiger partial charge in [0.25, 0.3) is 0 Å². The van der Waals surface area contributed by atoms with Crippen LogP contribution in [0.5, 0.6) is 0 Å². The summed E-state index contributed by atoms with van der Waals surface area (Å²) in [6.45, 7) is 6.00. The second kappa shape index (κ2) is 8.67. The Bertz CT molecular complexity index is 805. The molecule has 0 radical (unpaired) electrons. The number of amides is 1. The van der Waals surface area contributed by atoms with E-state index in [0.29, 0.717) is 0 Å². The van der Waals surface area contributed by atoms with Crippen molar-refractivity contribution in [1.29, 1.82) is 0 Å². The van der Waals surface area contributed by atoms with E-state index in [9.17, 15) is 13.2 Å². The number of rotatable bonds is 7. The first kappa shape index (κ1) is 21.1. The number of nitrogens with one attached hydrogen (secondary N) is 1. The molecule has 2 rings (SSSR count). The molecule has 0 saturated heterocycles. The Kier molecular flexibility index (Phi) is 6.78. The molecule has 27 heavy (non-hydrogen) atoms. The summed E-state index contributed by atoms with van der Waals surface area (Å²) in [6, 6.07) is 19.2. The summed E-state index contributed by atoms with van der Waals surface area (Å²) >= 11 is 0. The molecule has 0 aromatic heterocycles.